The highest BCUT2D eigenvalue weighted by atomic mass is 32.2. The van der Waals surface area contributed by atoms with Crippen molar-refractivity contribution >= 4 is 16.0 Å². The van der Waals surface area contributed by atoms with Gasteiger partial charge in [-0.2, -0.15) is 0 Å². The highest BCUT2D eigenvalue weighted by Crippen LogP contribution is 2.28. The lowest BCUT2D eigenvalue weighted by Gasteiger charge is -2.24. The molecule has 0 radical (unpaired) electrons. The van der Waals surface area contributed by atoms with Crippen LogP contribution in [0.2, 0.25) is 0 Å². The van der Waals surface area contributed by atoms with Crippen LogP contribution in [-0.2, 0) is 19.5 Å². The topological polar surface area (TPSA) is 82.1 Å². The van der Waals surface area contributed by atoms with Crippen molar-refractivity contribution in [2.24, 2.45) is 5.92 Å². The maximum atomic E-state index is 13.0. The van der Waals surface area contributed by atoms with Crippen molar-refractivity contribution in [3.05, 3.63) is 48.7 Å². The Morgan fingerprint density at radius 3 is 2.61 bits per heavy atom. The molecular formula is C20H27NO6S. The van der Waals surface area contributed by atoms with Crippen molar-refractivity contribution in [1.82, 2.24) is 4.31 Å². The second kappa shape index (κ2) is 9.75. The van der Waals surface area contributed by atoms with Crippen LogP contribution in [0.25, 0.3) is 0 Å². The van der Waals surface area contributed by atoms with Crippen LogP contribution in [0.15, 0.2) is 48.0 Å². The summed E-state index contributed by atoms with van der Waals surface area (Å²) in [4.78, 5) is 12.2. The number of likely N-dealkylation sites (N-methyl/N-ethyl adjacent to an activating group) is 1. The predicted octanol–water partition coefficient (Wildman–Crippen LogP) is 2.99. The van der Waals surface area contributed by atoms with Gasteiger partial charge >= 0.3 is 5.97 Å². The number of ether oxygens (including phenoxy) is 3. The lowest BCUT2D eigenvalue weighted by atomic mass is 10.0. The van der Waals surface area contributed by atoms with Gasteiger partial charge in [0.25, 0.3) is 10.0 Å². The summed E-state index contributed by atoms with van der Waals surface area (Å²) in [7, 11) is -2.66. The molecular weight excluding hydrogens is 382 g/mol. The van der Waals surface area contributed by atoms with Gasteiger partial charge in [0.05, 0.1) is 18.6 Å². The minimum Gasteiger partial charge on any atom is -0.492 e. The van der Waals surface area contributed by atoms with Crippen molar-refractivity contribution in [1.29, 1.82) is 0 Å². The van der Waals surface area contributed by atoms with Gasteiger partial charge in [0.2, 0.25) is 0 Å². The maximum Gasteiger partial charge on any atom is 0.341 e. The van der Waals surface area contributed by atoms with E-state index in [4.69, 9.17) is 14.2 Å². The summed E-state index contributed by atoms with van der Waals surface area (Å²) in [5.41, 5.74) is 0.317. The number of hydrogen-bond donors (Lipinski definition) is 0. The Morgan fingerprint density at radius 2 is 2.04 bits per heavy atom. The van der Waals surface area contributed by atoms with Gasteiger partial charge in [0.15, 0.2) is 0 Å². The number of carbonyl (C=O) groups is 1. The molecule has 1 saturated heterocycles. The second-order valence-corrected chi connectivity index (χ2v) is 8.24. The second-order valence-electron chi connectivity index (χ2n) is 6.38. The molecule has 7 nitrogen and oxygen atoms in total. The van der Waals surface area contributed by atoms with Crippen molar-refractivity contribution in [3.63, 3.8) is 0 Å². The van der Waals surface area contributed by atoms with E-state index in [1.807, 2.05) is 0 Å². The smallest absolute Gasteiger partial charge is 0.341 e. The van der Waals surface area contributed by atoms with Crippen molar-refractivity contribution in [2.75, 3.05) is 33.5 Å². The largest absolute Gasteiger partial charge is 0.492 e. The third kappa shape index (κ3) is 4.94. The number of sulfonamides is 1. The molecule has 154 valence electrons. The summed E-state index contributed by atoms with van der Waals surface area (Å²) in [6, 6.07) is 4.18. The molecule has 0 aliphatic carbocycles. The van der Waals surface area contributed by atoms with E-state index in [0.29, 0.717) is 31.5 Å². The van der Waals surface area contributed by atoms with Crippen LogP contribution >= 0.6 is 0 Å². The molecule has 1 fully saturated rings. The van der Waals surface area contributed by atoms with Gasteiger partial charge in [0, 0.05) is 25.5 Å². The summed E-state index contributed by atoms with van der Waals surface area (Å²) >= 11 is 0. The molecule has 0 spiro atoms. The van der Waals surface area contributed by atoms with Crippen LogP contribution in [-0.4, -0.2) is 52.2 Å². The lowest BCUT2D eigenvalue weighted by molar-refractivity contribution is 0.0483. The molecule has 28 heavy (non-hydrogen) atoms. The molecule has 0 bridgehead atoms. The average Bonchev–Trinajstić information content (AvgIpc) is 2.72. The Kier molecular flexibility index (Phi) is 7.65. The molecule has 1 heterocycles. The van der Waals surface area contributed by atoms with E-state index in [1.54, 1.807) is 6.92 Å². The van der Waals surface area contributed by atoms with Crippen LogP contribution in [0, 0.1) is 5.92 Å². The first-order valence-corrected chi connectivity index (χ1v) is 10.6. The molecule has 1 aromatic rings. The molecule has 0 amide bonds. The number of benzene rings is 1. The van der Waals surface area contributed by atoms with Crippen LogP contribution in [0.1, 0.15) is 30.1 Å². The maximum absolute atomic E-state index is 13.0. The molecule has 1 aliphatic rings. The summed E-state index contributed by atoms with van der Waals surface area (Å²) in [5.74, 6) is -0.0401. The number of hydrogen-bond acceptors (Lipinski definition) is 6. The summed E-state index contributed by atoms with van der Waals surface area (Å²) in [6.45, 7) is 11.0. The zero-order chi connectivity index (χ0) is 20.7. The van der Waals surface area contributed by atoms with Crippen molar-refractivity contribution in [3.8, 4) is 5.75 Å². The Morgan fingerprint density at radius 1 is 1.36 bits per heavy atom. The summed E-state index contributed by atoms with van der Waals surface area (Å²) in [6.07, 6.45) is 3.14. The SMILES string of the molecule is C=CC(=C)N(CC)S(=O)(=O)c1ccc(OCC2CCOCC2)c(C(=O)OC)c1. The van der Waals surface area contributed by atoms with Gasteiger partial charge in [-0.05, 0) is 50.0 Å². The van der Waals surface area contributed by atoms with Crippen molar-refractivity contribution in [2.45, 2.75) is 24.7 Å². The average molecular weight is 410 g/mol. The van der Waals surface area contributed by atoms with Crippen LogP contribution in [0.5, 0.6) is 5.75 Å². The molecule has 0 unspecified atom stereocenters. The molecule has 0 N–H and O–H groups in total. The van der Waals surface area contributed by atoms with Crippen LogP contribution in [0.3, 0.4) is 0 Å². The monoisotopic (exact) mass is 409 g/mol. The first-order chi connectivity index (χ1) is 13.3. The van der Waals surface area contributed by atoms with E-state index in [-0.39, 0.29) is 22.7 Å². The fourth-order valence-corrected chi connectivity index (χ4v) is 4.43. The predicted molar refractivity (Wildman–Crippen MR) is 106 cm³/mol. The third-order valence-electron chi connectivity index (χ3n) is 4.60. The zero-order valence-corrected chi connectivity index (χ0v) is 17.2. The molecule has 1 aliphatic heterocycles. The van der Waals surface area contributed by atoms with Crippen molar-refractivity contribution < 1.29 is 27.4 Å². The minimum atomic E-state index is -3.90. The Balaban J connectivity index is 2.33. The number of carbonyl (C=O) groups excluding carboxylic acids is 1. The number of allylic oxidation sites excluding steroid dienone is 1. The highest BCUT2D eigenvalue weighted by Gasteiger charge is 2.26. The summed E-state index contributed by atoms with van der Waals surface area (Å²) < 4.78 is 43.0. The van der Waals surface area contributed by atoms with Gasteiger partial charge in [0.1, 0.15) is 11.3 Å². The van der Waals surface area contributed by atoms with Crippen LogP contribution < -0.4 is 4.74 Å². The minimum absolute atomic E-state index is 0.0452. The standard InChI is InChI=1S/C20H27NO6S/c1-5-15(3)21(6-2)28(23,24)17-7-8-19(18(13-17)20(22)25-4)27-14-16-9-11-26-12-10-16/h5,7-8,13,16H,1,3,6,9-12,14H2,2,4H3. The van der Waals surface area contributed by atoms with E-state index >= 15 is 0 Å². The molecule has 8 heteroatoms. The van der Waals surface area contributed by atoms with E-state index in [2.05, 4.69) is 13.2 Å². The lowest BCUT2D eigenvalue weighted by Crippen LogP contribution is -2.29. The zero-order valence-electron chi connectivity index (χ0n) is 16.3. The van der Waals surface area contributed by atoms with Gasteiger partial charge in [-0.25, -0.2) is 13.2 Å². The Bertz CT molecular complexity index is 827. The molecule has 0 atom stereocenters. The first kappa shape index (κ1) is 22.0. The van der Waals surface area contributed by atoms with Gasteiger partial charge in [-0.1, -0.05) is 13.2 Å². The number of rotatable bonds is 9. The Hall–Kier alpha value is -2.32. The Labute approximate surface area is 166 Å². The summed E-state index contributed by atoms with van der Waals surface area (Å²) in [5, 5.41) is 0. The molecule has 0 aromatic heterocycles. The van der Waals surface area contributed by atoms with E-state index in [1.165, 1.54) is 31.4 Å². The van der Waals surface area contributed by atoms with E-state index < -0.39 is 16.0 Å². The number of esters is 1. The van der Waals surface area contributed by atoms with E-state index in [0.717, 1.165) is 17.1 Å². The number of methoxy groups -OCH3 is 1. The normalized spacial score (nSPS) is 14.9. The molecule has 0 saturated carbocycles. The number of nitrogens with zero attached hydrogens (tertiary/aromatic N) is 1. The quantitative estimate of drug-likeness (QED) is 0.461. The van der Waals surface area contributed by atoms with E-state index in [9.17, 15) is 13.2 Å². The molecule has 1 aromatic carbocycles. The van der Waals surface area contributed by atoms with Gasteiger partial charge in [-0.15, -0.1) is 0 Å². The van der Waals surface area contributed by atoms with Crippen LogP contribution in [0.4, 0.5) is 0 Å². The fourth-order valence-electron chi connectivity index (χ4n) is 2.94. The van der Waals surface area contributed by atoms with Gasteiger partial charge < -0.3 is 14.2 Å². The third-order valence-corrected chi connectivity index (χ3v) is 6.53. The fraction of sp³-hybridized carbons (Fsp3) is 0.450. The van der Waals surface area contributed by atoms with Gasteiger partial charge in [-0.3, -0.25) is 4.31 Å². The molecule has 2 rings (SSSR count). The highest BCUT2D eigenvalue weighted by molar-refractivity contribution is 7.89. The first-order valence-electron chi connectivity index (χ1n) is 9.12.